The van der Waals surface area contributed by atoms with Crippen molar-refractivity contribution in [2.24, 2.45) is 11.8 Å². The largest absolute Gasteiger partial charge is 0.399 e. The van der Waals surface area contributed by atoms with Crippen LogP contribution >= 0.6 is 0 Å². The summed E-state index contributed by atoms with van der Waals surface area (Å²) in [4.78, 5) is 49.9. The van der Waals surface area contributed by atoms with Gasteiger partial charge in [0, 0.05) is 37.3 Å². The Kier molecular flexibility index (Phi) is 4.60. The monoisotopic (exact) mass is 327 g/mol. The highest BCUT2D eigenvalue weighted by molar-refractivity contribution is 6.10. The van der Waals surface area contributed by atoms with Crippen LogP contribution in [0.1, 0.15) is 50.0 Å². The quantitative estimate of drug-likeness (QED) is 0.678. The maximum Gasteiger partial charge on any atom is 0.144 e. The van der Waals surface area contributed by atoms with Crippen LogP contribution in [0.3, 0.4) is 0 Å². The van der Waals surface area contributed by atoms with Crippen molar-refractivity contribution in [3.8, 4) is 0 Å². The van der Waals surface area contributed by atoms with Crippen LogP contribution in [0.4, 0.5) is 5.69 Å². The van der Waals surface area contributed by atoms with Gasteiger partial charge in [0.2, 0.25) is 0 Å². The summed E-state index contributed by atoms with van der Waals surface area (Å²) in [6, 6.07) is 6.86. The van der Waals surface area contributed by atoms with E-state index in [1.807, 2.05) is 0 Å². The number of hydrogen-bond acceptors (Lipinski definition) is 5. The average Bonchev–Trinajstić information content (AvgIpc) is 2.53. The van der Waals surface area contributed by atoms with Crippen LogP contribution in [-0.2, 0) is 19.2 Å². The van der Waals surface area contributed by atoms with Gasteiger partial charge in [-0.1, -0.05) is 12.1 Å². The molecule has 2 aliphatic rings. The molecule has 1 aromatic rings. The van der Waals surface area contributed by atoms with E-state index in [-0.39, 0.29) is 23.1 Å². The average molecular weight is 327 g/mol. The predicted octanol–water partition coefficient (Wildman–Crippen LogP) is 2.23. The van der Waals surface area contributed by atoms with E-state index in [0.717, 1.165) is 0 Å². The van der Waals surface area contributed by atoms with E-state index < -0.39 is 17.8 Å². The fourth-order valence-electron chi connectivity index (χ4n) is 4.00. The molecule has 0 amide bonds. The van der Waals surface area contributed by atoms with E-state index in [4.69, 9.17) is 5.73 Å². The smallest absolute Gasteiger partial charge is 0.144 e. The number of Topliss-reactive ketones (excluding diaryl/α,β-unsaturated/α-hetero) is 4. The summed E-state index contributed by atoms with van der Waals surface area (Å²) in [5.41, 5.74) is 6.98. The highest BCUT2D eigenvalue weighted by Gasteiger charge is 2.47. The Morgan fingerprint density at radius 2 is 1.25 bits per heavy atom. The van der Waals surface area contributed by atoms with Crippen molar-refractivity contribution in [3.63, 3.8) is 0 Å². The number of anilines is 1. The molecule has 2 aliphatic carbocycles. The molecule has 1 aromatic carbocycles. The Hall–Kier alpha value is -2.30. The zero-order valence-corrected chi connectivity index (χ0v) is 13.5. The first-order valence-electron chi connectivity index (χ1n) is 8.45. The van der Waals surface area contributed by atoms with Gasteiger partial charge in [0.1, 0.15) is 23.1 Å². The second kappa shape index (κ2) is 6.67. The molecular formula is C19H21NO4. The molecule has 0 saturated heterocycles. The maximum atomic E-state index is 12.5. The minimum atomic E-state index is -0.906. The number of carbonyl (C=O) groups is 4. The van der Waals surface area contributed by atoms with Crippen molar-refractivity contribution in [1.82, 2.24) is 0 Å². The summed E-state index contributed by atoms with van der Waals surface area (Å²) in [5, 5.41) is 0. The van der Waals surface area contributed by atoms with Gasteiger partial charge in [-0.25, -0.2) is 0 Å². The van der Waals surface area contributed by atoms with E-state index in [9.17, 15) is 19.2 Å². The third kappa shape index (κ3) is 3.03. The second-order valence-electron chi connectivity index (χ2n) is 6.72. The molecule has 0 unspecified atom stereocenters. The van der Waals surface area contributed by atoms with Crippen molar-refractivity contribution < 1.29 is 19.2 Å². The summed E-state index contributed by atoms with van der Waals surface area (Å²) >= 11 is 0. The molecule has 2 saturated carbocycles. The van der Waals surface area contributed by atoms with Crippen LogP contribution in [0, 0.1) is 11.8 Å². The van der Waals surface area contributed by atoms with Gasteiger partial charge in [0.05, 0.1) is 11.8 Å². The molecule has 0 radical (unpaired) electrons. The molecule has 2 N–H and O–H groups in total. The lowest BCUT2D eigenvalue weighted by Crippen LogP contribution is -2.43. The van der Waals surface area contributed by atoms with Gasteiger partial charge in [0.25, 0.3) is 0 Å². The van der Waals surface area contributed by atoms with Crippen LogP contribution in [-0.4, -0.2) is 23.1 Å². The molecule has 0 spiro atoms. The normalized spacial score (nSPS) is 20.9. The predicted molar refractivity (Wildman–Crippen MR) is 88.3 cm³/mol. The lowest BCUT2D eigenvalue weighted by atomic mass is 9.65. The molecule has 0 aliphatic heterocycles. The van der Waals surface area contributed by atoms with Gasteiger partial charge in [-0.3, -0.25) is 19.2 Å². The fourth-order valence-corrected chi connectivity index (χ4v) is 4.00. The molecule has 5 heteroatoms. The number of hydrogen-bond donors (Lipinski definition) is 1. The molecule has 0 atom stereocenters. The van der Waals surface area contributed by atoms with Crippen molar-refractivity contribution >= 4 is 28.8 Å². The summed E-state index contributed by atoms with van der Waals surface area (Å²) in [6.45, 7) is 0. The van der Waals surface area contributed by atoms with E-state index >= 15 is 0 Å². The number of ketones is 4. The maximum absolute atomic E-state index is 12.5. The number of benzene rings is 1. The van der Waals surface area contributed by atoms with Crippen LogP contribution < -0.4 is 5.73 Å². The van der Waals surface area contributed by atoms with Gasteiger partial charge in [-0.15, -0.1) is 0 Å². The SMILES string of the molecule is Nc1cccc(C(C2C(=O)CCCC2=O)C2C(=O)CCCC2=O)c1. The number of nitrogens with two attached hydrogens (primary N) is 1. The van der Waals surface area contributed by atoms with E-state index in [1.54, 1.807) is 24.3 Å². The highest BCUT2D eigenvalue weighted by Crippen LogP contribution is 2.41. The first-order chi connectivity index (χ1) is 11.5. The molecule has 2 fully saturated rings. The molecule has 0 bridgehead atoms. The van der Waals surface area contributed by atoms with Crippen molar-refractivity contribution in [3.05, 3.63) is 29.8 Å². The fraction of sp³-hybridized carbons (Fsp3) is 0.474. The zero-order valence-electron chi connectivity index (χ0n) is 13.5. The number of rotatable bonds is 3. The summed E-state index contributed by atoms with van der Waals surface area (Å²) in [6.07, 6.45) is 2.39. The topological polar surface area (TPSA) is 94.3 Å². The van der Waals surface area contributed by atoms with Crippen molar-refractivity contribution in [2.75, 3.05) is 5.73 Å². The van der Waals surface area contributed by atoms with Crippen LogP contribution in [0.2, 0.25) is 0 Å². The zero-order chi connectivity index (χ0) is 17.3. The van der Waals surface area contributed by atoms with Gasteiger partial charge in [0.15, 0.2) is 0 Å². The molecule has 24 heavy (non-hydrogen) atoms. The molecule has 0 heterocycles. The first-order valence-corrected chi connectivity index (χ1v) is 8.45. The second-order valence-corrected chi connectivity index (χ2v) is 6.72. The Morgan fingerprint density at radius 3 is 1.67 bits per heavy atom. The summed E-state index contributed by atoms with van der Waals surface area (Å²) < 4.78 is 0. The van der Waals surface area contributed by atoms with Crippen LogP contribution in [0.25, 0.3) is 0 Å². The Morgan fingerprint density at radius 1 is 0.792 bits per heavy atom. The third-order valence-corrected chi connectivity index (χ3v) is 5.09. The van der Waals surface area contributed by atoms with E-state index in [1.165, 1.54) is 0 Å². The first kappa shape index (κ1) is 16.6. The summed E-state index contributed by atoms with van der Waals surface area (Å²) in [7, 11) is 0. The Balaban J connectivity index is 2.09. The number of carbonyl (C=O) groups excluding carboxylic acids is 4. The molecule has 126 valence electrons. The molecular weight excluding hydrogens is 306 g/mol. The van der Waals surface area contributed by atoms with Crippen LogP contribution in [0.15, 0.2) is 24.3 Å². The molecule has 0 aromatic heterocycles. The van der Waals surface area contributed by atoms with E-state index in [2.05, 4.69) is 0 Å². The van der Waals surface area contributed by atoms with Gasteiger partial charge in [-0.2, -0.15) is 0 Å². The van der Waals surface area contributed by atoms with E-state index in [0.29, 0.717) is 49.8 Å². The molecule has 3 rings (SSSR count). The van der Waals surface area contributed by atoms with Gasteiger partial charge >= 0.3 is 0 Å². The third-order valence-electron chi connectivity index (χ3n) is 5.09. The Bertz CT molecular complexity index is 639. The highest BCUT2D eigenvalue weighted by atomic mass is 16.2. The Labute approximate surface area is 140 Å². The van der Waals surface area contributed by atoms with Gasteiger partial charge in [-0.05, 0) is 30.5 Å². The standard InChI is InChI=1S/C19H21NO4/c20-12-5-1-4-11(10-12)17(18-13(21)6-2-7-14(18)22)19-15(23)8-3-9-16(19)24/h1,4-5,10,17-19H,2-3,6-9,20H2. The lowest BCUT2D eigenvalue weighted by Gasteiger charge is -2.34. The van der Waals surface area contributed by atoms with Crippen molar-refractivity contribution in [1.29, 1.82) is 0 Å². The molecule has 5 nitrogen and oxygen atoms in total. The van der Waals surface area contributed by atoms with Crippen LogP contribution in [0.5, 0.6) is 0 Å². The summed E-state index contributed by atoms with van der Waals surface area (Å²) in [5.74, 6) is -3.17. The minimum Gasteiger partial charge on any atom is -0.399 e. The number of nitrogen functional groups attached to an aromatic ring is 1. The van der Waals surface area contributed by atoms with Crippen molar-refractivity contribution in [2.45, 2.75) is 44.4 Å². The minimum absolute atomic E-state index is 0.162. The lowest BCUT2D eigenvalue weighted by molar-refractivity contribution is -0.141. The van der Waals surface area contributed by atoms with Gasteiger partial charge < -0.3 is 5.73 Å².